The molecule has 4 rings (SSSR count). The van der Waals surface area contributed by atoms with Gasteiger partial charge in [-0.15, -0.1) is 0 Å². The van der Waals surface area contributed by atoms with Crippen molar-refractivity contribution in [2.45, 2.75) is 44.4 Å². The number of aliphatic hydroxyl groups excluding tert-OH is 1. The number of sulfonamides is 1. The molecule has 1 aliphatic heterocycles. The molecule has 1 atom stereocenters. The van der Waals surface area contributed by atoms with Gasteiger partial charge in [0.2, 0.25) is 10.0 Å². The van der Waals surface area contributed by atoms with E-state index in [-0.39, 0.29) is 11.5 Å². The monoisotopic (exact) mass is 462 g/mol. The molecular weight excluding hydrogens is 431 g/mol. The highest BCUT2D eigenvalue weighted by Crippen LogP contribution is 2.45. The fourth-order valence-corrected chi connectivity index (χ4v) is 4.80. The van der Waals surface area contributed by atoms with Crippen LogP contribution in [0.3, 0.4) is 0 Å². The van der Waals surface area contributed by atoms with Gasteiger partial charge in [0, 0.05) is 18.2 Å². The summed E-state index contributed by atoms with van der Waals surface area (Å²) in [6.07, 6.45) is 3.33. The van der Waals surface area contributed by atoms with Crippen molar-refractivity contribution in [3.8, 4) is 5.75 Å². The standard InChI is InChI=1S/C24H31FN2O4S/c1-32(29,30)26-24(28)21-13-20(19-7-8-19)23(14-22(21)25)31-16-18-9-11-27(12-10-18)15-17-5-3-2-4-6-17/h2-6,13-14,18-19,24,26,28H,7-12,15-16H2,1H3. The van der Waals surface area contributed by atoms with Gasteiger partial charge in [-0.05, 0) is 67.8 Å². The molecule has 6 nitrogen and oxygen atoms in total. The van der Waals surface area contributed by atoms with Crippen molar-refractivity contribution < 1.29 is 22.7 Å². The Labute approximate surface area is 189 Å². The Morgan fingerprint density at radius 3 is 2.47 bits per heavy atom. The molecule has 0 bridgehead atoms. The van der Waals surface area contributed by atoms with Gasteiger partial charge in [-0.3, -0.25) is 4.90 Å². The van der Waals surface area contributed by atoms with E-state index in [1.807, 2.05) is 10.8 Å². The number of rotatable bonds is 9. The zero-order chi connectivity index (χ0) is 22.7. The van der Waals surface area contributed by atoms with Crippen LogP contribution in [0.4, 0.5) is 4.39 Å². The van der Waals surface area contributed by atoms with Crippen LogP contribution < -0.4 is 9.46 Å². The summed E-state index contributed by atoms with van der Waals surface area (Å²) >= 11 is 0. The summed E-state index contributed by atoms with van der Waals surface area (Å²) in [6, 6.07) is 13.3. The van der Waals surface area contributed by atoms with E-state index in [9.17, 15) is 17.9 Å². The highest BCUT2D eigenvalue weighted by Gasteiger charge is 2.30. The molecule has 0 aromatic heterocycles. The number of likely N-dealkylation sites (tertiary alicyclic amines) is 1. The summed E-state index contributed by atoms with van der Waals surface area (Å²) in [5, 5.41) is 10.1. The molecule has 174 valence electrons. The molecule has 2 aromatic rings. The number of nitrogens with one attached hydrogen (secondary N) is 1. The molecule has 1 saturated carbocycles. The summed E-state index contributed by atoms with van der Waals surface area (Å²) in [5.74, 6) is 0.509. The number of aliphatic hydroxyl groups is 1. The van der Waals surface area contributed by atoms with E-state index in [4.69, 9.17) is 4.74 Å². The summed E-state index contributed by atoms with van der Waals surface area (Å²) < 4.78 is 45.6. The maximum absolute atomic E-state index is 14.7. The van der Waals surface area contributed by atoms with E-state index in [0.717, 1.165) is 57.1 Å². The predicted molar refractivity (Wildman–Crippen MR) is 121 cm³/mol. The van der Waals surface area contributed by atoms with Crippen molar-refractivity contribution >= 4 is 10.0 Å². The van der Waals surface area contributed by atoms with Gasteiger partial charge in [-0.25, -0.2) is 12.8 Å². The van der Waals surface area contributed by atoms with Crippen molar-refractivity contribution in [2.24, 2.45) is 5.92 Å². The highest BCUT2D eigenvalue weighted by atomic mass is 32.2. The van der Waals surface area contributed by atoms with Gasteiger partial charge in [0.05, 0.1) is 12.9 Å². The second-order valence-corrected chi connectivity index (χ2v) is 10.8. The molecule has 2 N–H and O–H groups in total. The van der Waals surface area contributed by atoms with Gasteiger partial charge in [0.25, 0.3) is 0 Å². The van der Waals surface area contributed by atoms with Crippen molar-refractivity contribution in [2.75, 3.05) is 26.0 Å². The lowest BCUT2D eigenvalue weighted by atomic mass is 9.97. The Hall–Kier alpha value is -2.00. The van der Waals surface area contributed by atoms with Gasteiger partial charge in [-0.1, -0.05) is 30.3 Å². The van der Waals surface area contributed by atoms with Crippen LogP contribution in [0.2, 0.25) is 0 Å². The highest BCUT2D eigenvalue weighted by molar-refractivity contribution is 7.88. The van der Waals surface area contributed by atoms with Gasteiger partial charge in [0.1, 0.15) is 17.8 Å². The average Bonchev–Trinajstić information content (AvgIpc) is 3.58. The normalized spacial score (nSPS) is 19.1. The van der Waals surface area contributed by atoms with Crippen LogP contribution in [-0.4, -0.2) is 44.4 Å². The quantitative estimate of drug-likeness (QED) is 0.558. The summed E-state index contributed by atoms with van der Waals surface area (Å²) in [7, 11) is -3.67. The van der Waals surface area contributed by atoms with E-state index in [2.05, 4.69) is 29.2 Å². The number of benzene rings is 2. The Kier molecular flexibility index (Phi) is 7.14. The SMILES string of the molecule is CS(=O)(=O)NC(O)c1cc(C2CC2)c(OCC2CCN(Cc3ccccc3)CC2)cc1F. The Balaban J connectivity index is 1.36. The zero-order valence-corrected chi connectivity index (χ0v) is 19.2. The third kappa shape index (κ3) is 6.28. The van der Waals surface area contributed by atoms with Crippen LogP contribution in [-0.2, 0) is 16.6 Å². The van der Waals surface area contributed by atoms with E-state index < -0.39 is 22.1 Å². The van der Waals surface area contributed by atoms with Gasteiger partial charge >= 0.3 is 0 Å². The van der Waals surface area contributed by atoms with E-state index in [0.29, 0.717) is 18.3 Å². The fourth-order valence-electron chi connectivity index (χ4n) is 4.26. The average molecular weight is 463 g/mol. The molecule has 2 aliphatic rings. The number of hydrogen-bond acceptors (Lipinski definition) is 5. The minimum Gasteiger partial charge on any atom is -0.493 e. The number of ether oxygens (including phenoxy) is 1. The van der Waals surface area contributed by atoms with Crippen LogP contribution in [0.1, 0.15) is 54.5 Å². The molecule has 32 heavy (non-hydrogen) atoms. The van der Waals surface area contributed by atoms with E-state index in [1.165, 1.54) is 11.6 Å². The van der Waals surface area contributed by atoms with Crippen LogP contribution >= 0.6 is 0 Å². The molecule has 1 aliphatic carbocycles. The molecule has 1 heterocycles. The van der Waals surface area contributed by atoms with Crippen LogP contribution in [0.5, 0.6) is 5.75 Å². The maximum Gasteiger partial charge on any atom is 0.211 e. The van der Waals surface area contributed by atoms with Crippen LogP contribution in [0.15, 0.2) is 42.5 Å². The minimum absolute atomic E-state index is 0.0705. The lowest BCUT2D eigenvalue weighted by Gasteiger charge is -2.32. The second kappa shape index (κ2) is 9.87. The molecule has 2 fully saturated rings. The smallest absolute Gasteiger partial charge is 0.211 e. The largest absolute Gasteiger partial charge is 0.493 e. The molecule has 0 radical (unpaired) electrons. The molecule has 1 saturated heterocycles. The minimum atomic E-state index is -3.67. The van der Waals surface area contributed by atoms with Crippen LogP contribution in [0.25, 0.3) is 0 Å². The number of halogens is 1. The van der Waals surface area contributed by atoms with Gasteiger partial charge in [-0.2, -0.15) is 4.72 Å². The molecule has 0 spiro atoms. The first-order valence-electron chi connectivity index (χ1n) is 11.2. The lowest BCUT2D eigenvalue weighted by Crippen LogP contribution is -2.35. The molecule has 0 amide bonds. The van der Waals surface area contributed by atoms with E-state index in [1.54, 1.807) is 6.07 Å². The topological polar surface area (TPSA) is 78.9 Å². The molecular formula is C24H31FN2O4S. The lowest BCUT2D eigenvalue weighted by molar-refractivity contribution is 0.135. The predicted octanol–water partition coefficient (Wildman–Crippen LogP) is 3.53. The maximum atomic E-state index is 14.7. The van der Waals surface area contributed by atoms with Gasteiger partial charge < -0.3 is 9.84 Å². The molecule has 2 aromatic carbocycles. The first-order valence-corrected chi connectivity index (χ1v) is 13.1. The Bertz CT molecular complexity index is 1020. The number of nitrogens with zero attached hydrogens (tertiary/aromatic N) is 1. The summed E-state index contributed by atoms with van der Waals surface area (Å²) in [6.45, 7) is 3.50. The van der Waals surface area contributed by atoms with Gasteiger partial charge in [0.15, 0.2) is 0 Å². The van der Waals surface area contributed by atoms with E-state index >= 15 is 0 Å². The number of piperidine rings is 1. The van der Waals surface area contributed by atoms with Crippen molar-refractivity contribution in [1.82, 2.24) is 9.62 Å². The zero-order valence-electron chi connectivity index (χ0n) is 18.3. The first kappa shape index (κ1) is 23.2. The third-order valence-corrected chi connectivity index (χ3v) is 6.85. The first-order chi connectivity index (χ1) is 15.3. The Morgan fingerprint density at radius 1 is 1.16 bits per heavy atom. The summed E-state index contributed by atoms with van der Waals surface area (Å²) in [5.41, 5.74) is 2.09. The molecule has 1 unspecified atom stereocenters. The summed E-state index contributed by atoms with van der Waals surface area (Å²) in [4.78, 5) is 2.45. The van der Waals surface area contributed by atoms with Crippen LogP contribution in [0, 0.1) is 11.7 Å². The fraction of sp³-hybridized carbons (Fsp3) is 0.500. The Morgan fingerprint density at radius 2 is 1.84 bits per heavy atom. The third-order valence-electron chi connectivity index (χ3n) is 6.20. The second-order valence-electron chi connectivity index (χ2n) is 8.99. The number of hydrogen-bond donors (Lipinski definition) is 2. The van der Waals surface area contributed by atoms with Crippen molar-refractivity contribution in [3.63, 3.8) is 0 Å². The van der Waals surface area contributed by atoms with Crippen molar-refractivity contribution in [1.29, 1.82) is 0 Å². The van der Waals surface area contributed by atoms with Crippen molar-refractivity contribution in [3.05, 3.63) is 65.0 Å². The molecule has 8 heteroatoms.